The van der Waals surface area contributed by atoms with Gasteiger partial charge in [-0.2, -0.15) is 8.42 Å². The summed E-state index contributed by atoms with van der Waals surface area (Å²) in [4.78, 5) is 12.9. The van der Waals surface area contributed by atoms with Crippen molar-refractivity contribution in [3.05, 3.63) is 91.1 Å². The third kappa shape index (κ3) is 6.78. The van der Waals surface area contributed by atoms with Crippen LogP contribution in [0.25, 0.3) is 21.8 Å². The number of sulfonamides is 2. The molecule has 0 saturated carbocycles. The first kappa shape index (κ1) is 32.2. The average molecular weight is 662 g/mol. The van der Waals surface area contributed by atoms with E-state index < -0.39 is 20.0 Å². The third-order valence-electron chi connectivity index (χ3n) is 7.09. The van der Waals surface area contributed by atoms with Crippen molar-refractivity contribution in [3.8, 4) is 0 Å². The first-order chi connectivity index (χ1) is 19.7. The second-order valence-electron chi connectivity index (χ2n) is 9.90. The molecule has 10 nitrogen and oxygen atoms in total. The van der Waals surface area contributed by atoms with E-state index in [0.29, 0.717) is 16.4 Å². The molecule has 2 N–H and O–H groups in total. The number of benzene rings is 3. The monoisotopic (exact) mass is 660 g/mol. The van der Waals surface area contributed by atoms with Crippen LogP contribution in [-0.2, 0) is 20.0 Å². The highest BCUT2D eigenvalue weighted by molar-refractivity contribution is 7.93. The van der Waals surface area contributed by atoms with Gasteiger partial charge in [0.05, 0.1) is 22.4 Å². The van der Waals surface area contributed by atoms with Crippen molar-refractivity contribution >= 4 is 83.7 Å². The van der Waals surface area contributed by atoms with Gasteiger partial charge in [-0.3, -0.25) is 14.4 Å². The Hall–Kier alpha value is -3.68. The van der Waals surface area contributed by atoms with E-state index in [1.54, 1.807) is 60.7 Å². The molecule has 0 atom stereocenters. The number of rotatable bonds is 7. The molecule has 0 aliphatic carbocycles. The van der Waals surface area contributed by atoms with Gasteiger partial charge >= 0.3 is 0 Å². The topological polar surface area (TPSA) is 125 Å². The maximum absolute atomic E-state index is 13.6. The van der Waals surface area contributed by atoms with E-state index in [-0.39, 0.29) is 46.1 Å². The van der Waals surface area contributed by atoms with Gasteiger partial charge in [-0.05, 0) is 55.6 Å². The molecule has 2 aromatic heterocycles. The van der Waals surface area contributed by atoms with Crippen LogP contribution < -0.4 is 14.3 Å². The second kappa shape index (κ2) is 12.9. The number of hydrogen-bond donors (Lipinski definition) is 2. The van der Waals surface area contributed by atoms with Crippen LogP contribution in [0.1, 0.15) is 0 Å². The summed E-state index contributed by atoms with van der Waals surface area (Å²) in [7, 11) is -6.26. The third-order valence-corrected chi connectivity index (χ3v) is 9.76. The van der Waals surface area contributed by atoms with Crippen LogP contribution in [-0.4, -0.2) is 64.9 Å². The minimum atomic E-state index is -4.17. The minimum Gasteiger partial charge on any atom is -0.369 e. The van der Waals surface area contributed by atoms with Crippen LogP contribution in [0.3, 0.4) is 0 Å². The predicted octanol–water partition coefficient (Wildman–Crippen LogP) is 4.98. The van der Waals surface area contributed by atoms with Gasteiger partial charge in [0.15, 0.2) is 5.03 Å². The Bertz CT molecular complexity index is 1980. The second-order valence-corrected chi connectivity index (χ2v) is 13.2. The Morgan fingerprint density at radius 3 is 2.19 bits per heavy atom. The van der Waals surface area contributed by atoms with Crippen LogP contribution >= 0.6 is 24.8 Å². The number of aromatic nitrogens is 2. The fourth-order valence-electron chi connectivity index (χ4n) is 4.85. The number of nitrogens with one attached hydrogen (secondary N) is 2. The Morgan fingerprint density at radius 1 is 0.698 bits per heavy atom. The standard InChI is InChI=1S/C29H28N6O4S2.2ClH/c1-34-16-18-35(19-17-34)23-12-13-25(32-40(36,37)27-10-4-7-22-8-5-15-30-29(22)27)26(20-23)33-41(38,39)28-14-11-21-6-2-3-9-24(21)31-28;;/h2-15,20,32-33H,16-19H2,1H3;2*1H. The summed E-state index contributed by atoms with van der Waals surface area (Å²) < 4.78 is 59.5. The predicted molar refractivity (Wildman–Crippen MR) is 176 cm³/mol. The van der Waals surface area contributed by atoms with Gasteiger partial charge in [0.1, 0.15) is 4.90 Å². The van der Waals surface area contributed by atoms with Crippen molar-refractivity contribution in [2.75, 3.05) is 47.6 Å². The van der Waals surface area contributed by atoms with Crippen molar-refractivity contribution < 1.29 is 16.8 Å². The molecular formula is C29H30Cl2N6O4S2. The minimum absolute atomic E-state index is 0. The smallest absolute Gasteiger partial charge is 0.279 e. The molecule has 0 bridgehead atoms. The van der Waals surface area contributed by atoms with Gasteiger partial charge in [-0.15, -0.1) is 24.8 Å². The molecule has 5 aromatic rings. The Labute approximate surface area is 263 Å². The van der Waals surface area contributed by atoms with Crippen LogP contribution in [0, 0.1) is 0 Å². The van der Waals surface area contributed by atoms with E-state index in [4.69, 9.17) is 0 Å². The lowest BCUT2D eigenvalue weighted by Crippen LogP contribution is -2.44. The van der Waals surface area contributed by atoms with E-state index in [9.17, 15) is 16.8 Å². The van der Waals surface area contributed by atoms with Crippen LogP contribution in [0.4, 0.5) is 17.1 Å². The number of fused-ring (bicyclic) bond motifs is 2. The molecule has 43 heavy (non-hydrogen) atoms. The first-order valence-corrected chi connectivity index (χ1v) is 16.0. The molecule has 14 heteroatoms. The number of nitrogens with zero attached hydrogens (tertiary/aromatic N) is 4. The number of likely N-dealkylation sites (N-methyl/N-ethyl adjacent to an activating group) is 1. The van der Waals surface area contributed by atoms with Crippen molar-refractivity contribution in [3.63, 3.8) is 0 Å². The van der Waals surface area contributed by atoms with Gasteiger partial charge in [0.2, 0.25) is 0 Å². The molecule has 1 saturated heterocycles. The first-order valence-electron chi connectivity index (χ1n) is 13.0. The summed E-state index contributed by atoms with van der Waals surface area (Å²) in [6.45, 7) is 3.21. The Kier molecular flexibility index (Phi) is 9.67. The molecule has 0 amide bonds. The van der Waals surface area contributed by atoms with E-state index in [2.05, 4.69) is 29.2 Å². The SMILES string of the molecule is CN1CCN(c2ccc(NS(=O)(=O)c3cccc4cccnc34)c(NS(=O)(=O)c3ccc4ccccc4n3)c2)CC1.Cl.Cl. The lowest BCUT2D eigenvalue weighted by molar-refractivity contribution is 0.313. The van der Waals surface area contributed by atoms with E-state index >= 15 is 0 Å². The molecule has 0 spiro atoms. The van der Waals surface area contributed by atoms with Crippen LogP contribution in [0.2, 0.25) is 0 Å². The number of anilines is 3. The number of halogens is 2. The lowest BCUT2D eigenvalue weighted by Gasteiger charge is -2.34. The molecule has 0 unspecified atom stereocenters. The molecule has 226 valence electrons. The quantitative estimate of drug-likeness (QED) is 0.250. The summed E-state index contributed by atoms with van der Waals surface area (Å²) >= 11 is 0. The van der Waals surface area contributed by atoms with Crippen molar-refractivity contribution in [1.29, 1.82) is 0 Å². The van der Waals surface area contributed by atoms with E-state index in [1.165, 1.54) is 18.3 Å². The van der Waals surface area contributed by atoms with Crippen LogP contribution in [0.5, 0.6) is 0 Å². The van der Waals surface area contributed by atoms with Crippen molar-refractivity contribution in [2.24, 2.45) is 0 Å². The molecule has 6 rings (SSSR count). The molecule has 0 radical (unpaired) electrons. The normalized spacial score (nSPS) is 14.1. The number of piperazine rings is 1. The number of para-hydroxylation sites is 2. The summed E-state index contributed by atoms with van der Waals surface area (Å²) in [5, 5.41) is 1.30. The van der Waals surface area contributed by atoms with Gasteiger partial charge in [0.25, 0.3) is 20.0 Å². The lowest BCUT2D eigenvalue weighted by atomic mass is 10.2. The van der Waals surface area contributed by atoms with E-state index in [0.717, 1.165) is 37.3 Å². The van der Waals surface area contributed by atoms with Gasteiger partial charge in [-0.1, -0.05) is 36.4 Å². The summed E-state index contributed by atoms with van der Waals surface area (Å²) in [6, 6.07) is 23.8. The molecular weight excluding hydrogens is 631 g/mol. The maximum atomic E-state index is 13.6. The summed E-state index contributed by atoms with van der Waals surface area (Å²) in [5.41, 5.74) is 1.80. The van der Waals surface area contributed by atoms with Gasteiger partial charge in [0, 0.05) is 48.8 Å². The molecule has 3 heterocycles. The Balaban J connectivity index is 0.00000212. The zero-order valence-electron chi connectivity index (χ0n) is 23.0. The highest BCUT2D eigenvalue weighted by Crippen LogP contribution is 2.33. The summed E-state index contributed by atoms with van der Waals surface area (Å²) in [6.07, 6.45) is 1.53. The molecule has 1 aliphatic heterocycles. The zero-order valence-corrected chi connectivity index (χ0v) is 26.3. The summed E-state index contributed by atoms with van der Waals surface area (Å²) in [5.74, 6) is 0. The number of hydrogen-bond acceptors (Lipinski definition) is 8. The van der Waals surface area contributed by atoms with Gasteiger partial charge < -0.3 is 9.80 Å². The fourth-order valence-corrected chi connectivity index (χ4v) is 7.14. The molecule has 3 aromatic carbocycles. The van der Waals surface area contributed by atoms with E-state index in [1.807, 2.05) is 19.2 Å². The van der Waals surface area contributed by atoms with Crippen molar-refractivity contribution in [2.45, 2.75) is 9.92 Å². The highest BCUT2D eigenvalue weighted by Gasteiger charge is 2.24. The Morgan fingerprint density at radius 2 is 1.40 bits per heavy atom. The van der Waals surface area contributed by atoms with Gasteiger partial charge in [-0.25, -0.2) is 13.4 Å². The largest absolute Gasteiger partial charge is 0.369 e. The van der Waals surface area contributed by atoms with Crippen LogP contribution in [0.15, 0.2) is 101 Å². The molecule has 1 aliphatic rings. The fraction of sp³-hybridized carbons (Fsp3) is 0.172. The maximum Gasteiger partial charge on any atom is 0.279 e. The molecule has 1 fully saturated rings. The highest BCUT2D eigenvalue weighted by atomic mass is 35.5. The zero-order chi connectivity index (χ0) is 28.6. The average Bonchev–Trinajstić information content (AvgIpc) is 2.97. The number of pyridine rings is 2. The van der Waals surface area contributed by atoms with Crippen molar-refractivity contribution in [1.82, 2.24) is 14.9 Å².